The quantitative estimate of drug-likeness (QED) is 0.294. The van der Waals surface area contributed by atoms with Crippen molar-refractivity contribution in [2.45, 2.75) is 52.2 Å². The van der Waals surface area contributed by atoms with Crippen LogP contribution in [-0.4, -0.2) is 87.7 Å². The molecule has 0 unspecified atom stereocenters. The Balaban J connectivity index is 1.04. The van der Waals surface area contributed by atoms with Gasteiger partial charge in [0.05, 0.1) is 36.7 Å². The fraction of sp³-hybridized carbons (Fsp3) is 0.432. The van der Waals surface area contributed by atoms with Crippen LogP contribution in [0.2, 0.25) is 0 Å². The van der Waals surface area contributed by atoms with E-state index in [1.165, 1.54) is 15.8 Å². The molecule has 1 atom stereocenters. The van der Waals surface area contributed by atoms with Gasteiger partial charge < -0.3 is 24.1 Å². The van der Waals surface area contributed by atoms with E-state index in [1.807, 2.05) is 24.4 Å². The van der Waals surface area contributed by atoms with Gasteiger partial charge in [-0.2, -0.15) is 0 Å². The van der Waals surface area contributed by atoms with Crippen molar-refractivity contribution in [1.29, 1.82) is 0 Å². The molecule has 0 aromatic carbocycles. The summed E-state index contributed by atoms with van der Waals surface area (Å²) in [5.41, 5.74) is 5.97. The van der Waals surface area contributed by atoms with E-state index < -0.39 is 0 Å². The summed E-state index contributed by atoms with van der Waals surface area (Å²) in [6, 6.07) is 10.3. The average molecular weight is 663 g/mol. The van der Waals surface area contributed by atoms with E-state index in [0.29, 0.717) is 64.9 Å². The van der Waals surface area contributed by atoms with E-state index in [9.17, 15) is 14.4 Å². The highest BCUT2D eigenvalue weighted by Gasteiger charge is 2.38. The molecular weight excluding hydrogens is 620 g/mol. The number of nitrogens with zero attached hydrogens (tertiary/aromatic N) is 7. The van der Waals surface area contributed by atoms with Crippen LogP contribution in [0.1, 0.15) is 52.9 Å². The fourth-order valence-electron chi connectivity index (χ4n) is 8.01. The second kappa shape index (κ2) is 12.0. The van der Waals surface area contributed by atoms with Gasteiger partial charge >= 0.3 is 0 Å². The van der Waals surface area contributed by atoms with Crippen LogP contribution in [0, 0.1) is 5.41 Å². The van der Waals surface area contributed by atoms with Crippen LogP contribution in [0.5, 0.6) is 0 Å². The molecule has 1 aliphatic carbocycles. The molecule has 0 saturated carbocycles. The molecule has 49 heavy (non-hydrogen) atoms. The minimum atomic E-state index is -0.232. The third kappa shape index (κ3) is 5.52. The smallest absolute Gasteiger partial charge is 0.276 e. The van der Waals surface area contributed by atoms with Gasteiger partial charge in [0, 0.05) is 69.5 Å². The van der Waals surface area contributed by atoms with Gasteiger partial charge in [-0.3, -0.25) is 24.2 Å². The maximum atomic E-state index is 13.8. The Morgan fingerprint density at radius 1 is 1.02 bits per heavy atom. The minimum absolute atomic E-state index is 0.159. The van der Waals surface area contributed by atoms with E-state index in [2.05, 4.69) is 50.4 Å². The summed E-state index contributed by atoms with van der Waals surface area (Å²) in [7, 11) is 1.68. The molecule has 2 fully saturated rings. The number of hydrogen-bond donors (Lipinski definition) is 1. The van der Waals surface area contributed by atoms with Crippen LogP contribution in [0.3, 0.4) is 0 Å². The fourth-order valence-corrected chi connectivity index (χ4v) is 8.01. The lowest BCUT2D eigenvalue weighted by Gasteiger charge is -2.46. The number of fused-ring (bicyclic) bond motifs is 3. The number of anilines is 4. The molecule has 1 N–H and O–H groups in total. The Kier molecular flexibility index (Phi) is 7.68. The summed E-state index contributed by atoms with van der Waals surface area (Å²) in [4.78, 5) is 55.5. The van der Waals surface area contributed by atoms with E-state index in [1.54, 1.807) is 36.5 Å². The number of carbonyl (C=O) groups excluding carboxylic acids is 2. The highest BCUT2D eigenvalue weighted by molar-refractivity contribution is 6.08. The monoisotopic (exact) mass is 662 g/mol. The molecule has 3 aliphatic heterocycles. The highest BCUT2D eigenvalue weighted by atomic mass is 16.5. The number of piperazine rings is 1. The lowest BCUT2D eigenvalue weighted by molar-refractivity contribution is -0.0691. The Morgan fingerprint density at radius 2 is 1.86 bits per heavy atom. The van der Waals surface area contributed by atoms with Crippen molar-refractivity contribution < 1.29 is 14.3 Å². The summed E-state index contributed by atoms with van der Waals surface area (Å²) in [6.45, 7) is 12.3. The first kappa shape index (κ1) is 31.5. The first-order valence-corrected chi connectivity index (χ1v) is 17.1. The number of nitrogens with one attached hydrogen (secondary N) is 1. The number of rotatable bonds is 7. The Hall–Kier alpha value is -4.81. The van der Waals surface area contributed by atoms with Crippen molar-refractivity contribution in [3.63, 3.8) is 0 Å². The van der Waals surface area contributed by atoms with Crippen molar-refractivity contribution >= 4 is 35.2 Å². The third-order valence-corrected chi connectivity index (χ3v) is 10.6. The highest BCUT2D eigenvalue weighted by Crippen LogP contribution is 2.40. The molecule has 0 radical (unpaired) electrons. The maximum absolute atomic E-state index is 13.8. The van der Waals surface area contributed by atoms with Crippen molar-refractivity contribution in [2.75, 3.05) is 54.5 Å². The molecule has 12 nitrogen and oxygen atoms in total. The summed E-state index contributed by atoms with van der Waals surface area (Å²) in [5, 5.41) is 3.20. The van der Waals surface area contributed by atoms with Crippen LogP contribution >= 0.6 is 0 Å². The topological polar surface area (TPSA) is 118 Å². The molecular formula is C37H42N8O4. The van der Waals surface area contributed by atoms with Crippen LogP contribution in [0.15, 0.2) is 53.7 Å². The standard InChI is InChI=1S/C37H42N8O4/c1-23-18-42(27-21-49-22-27)9-10-43(23)26-5-6-33(39-17-26)40-30-13-25(19-41(4)35(30)47)28-7-8-38-34(29(28)20-46)45-12-11-44-31(36(45)48)14-24-15-37(2,3)16-32(24)44/h5-8,13-14,17,19-20,23,27H,9-12,15-16,18,21-22H2,1-4H3,(H,39,40)/t23-/m1/s1. The first-order chi connectivity index (χ1) is 23.6. The Labute approximate surface area is 285 Å². The molecule has 0 spiro atoms. The van der Waals surface area contributed by atoms with Crippen molar-refractivity contribution in [2.24, 2.45) is 12.5 Å². The molecule has 0 bridgehead atoms. The molecule has 12 heteroatoms. The number of carbonyl (C=O) groups is 2. The molecule has 7 heterocycles. The van der Waals surface area contributed by atoms with Gasteiger partial charge in [0.2, 0.25) is 0 Å². The molecule has 1 amide bonds. The normalized spacial score (nSPS) is 20.6. The predicted octanol–water partition coefficient (Wildman–Crippen LogP) is 3.89. The van der Waals surface area contributed by atoms with Crippen molar-refractivity contribution in [1.82, 2.24) is 24.0 Å². The van der Waals surface area contributed by atoms with Crippen LogP contribution in [0.4, 0.5) is 23.0 Å². The number of aldehydes is 1. The van der Waals surface area contributed by atoms with Gasteiger partial charge in [0.1, 0.15) is 23.0 Å². The van der Waals surface area contributed by atoms with E-state index in [0.717, 1.165) is 57.7 Å². The first-order valence-electron chi connectivity index (χ1n) is 17.1. The number of ether oxygens (including phenoxy) is 1. The second-order valence-electron chi connectivity index (χ2n) is 14.7. The predicted molar refractivity (Wildman–Crippen MR) is 188 cm³/mol. The molecule has 4 aromatic heterocycles. The molecule has 4 aromatic rings. The van der Waals surface area contributed by atoms with E-state index in [-0.39, 0.29) is 16.9 Å². The Morgan fingerprint density at radius 3 is 2.57 bits per heavy atom. The second-order valence-corrected chi connectivity index (χ2v) is 14.7. The largest absolute Gasteiger partial charge is 0.378 e. The minimum Gasteiger partial charge on any atom is -0.378 e. The number of amides is 1. The number of hydrogen-bond acceptors (Lipinski definition) is 9. The lowest BCUT2D eigenvalue weighted by Crippen LogP contribution is -2.59. The number of pyridine rings is 3. The van der Waals surface area contributed by atoms with Crippen LogP contribution in [-0.2, 0) is 31.2 Å². The summed E-state index contributed by atoms with van der Waals surface area (Å²) < 4.78 is 9.01. The van der Waals surface area contributed by atoms with E-state index in [4.69, 9.17) is 4.74 Å². The lowest BCUT2D eigenvalue weighted by atomic mass is 9.90. The maximum Gasteiger partial charge on any atom is 0.276 e. The van der Waals surface area contributed by atoms with Crippen molar-refractivity contribution in [3.8, 4) is 11.1 Å². The van der Waals surface area contributed by atoms with Gasteiger partial charge in [0.25, 0.3) is 11.5 Å². The Bertz CT molecular complexity index is 2010. The van der Waals surface area contributed by atoms with Crippen molar-refractivity contribution in [3.05, 3.63) is 81.8 Å². The summed E-state index contributed by atoms with van der Waals surface area (Å²) in [5.74, 6) is 0.703. The van der Waals surface area contributed by atoms with Crippen LogP contribution < -0.4 is 20.7 Å². The van der Waals surface area contributed by atoms with Gasteiger partial charge in [-0.1, -0.05) is 13.8 Å². The van der Waals surface area contributed by atoms with Crippen LogP contribution in [0.25, 0.3) is 11.1 Å². The SMILES string of the molecule is C[C@@H]1CN(C2COC2)CCN1c1ccc(Nc2cc(-c3ccnc(N4CCn5c(cc6c5CC(C)(C)C6)C4=O)c3C=O)cn(C)c2=O)nc1. The third-order valence-electron chi connectivity index (χ3n) is 10.6. The molecule has 254 valence electrons. The number of aromatic nitrogens is 4. The zero-order valence-electron chi connectivity index (χ0n) is 28.5. The molecule has 2 saturated heterocycles. The summed E-state index contributed by atoms with van der Waals surface area (Å²) >= 11 is 0. The van der Waals surface area contributed by atoms with Gasteiger partial charge in [-0.15, -0.1) is 0 Å². The molecule has 4 aliphatic rings. The zero-order valence-corrected chi connectivity index (χ0v) is 28.5. The zero-order chi connectivity index (χ0) is 34.0. The molecule has 8 rings (SSSR count). The van der Waals surface area contributed by atoms with Gasteiger partial charge in [-0.25, -0.2) is 9.97 Å². The average Bonchev–Trinajstić information content (AvgIpc) is 3.55. The summed E-state index contributed by atoms with van der Waals surface area (Å²) in [6.07, 6.45) is 7.79. The van der Waals surface area contributed by atoms with Gasteiger partial charge in [0.15, 0.2) is 6.29 Å². The number of aryl methyl sites for hydroxylation is 1. The van der Waals surface area contributed by atoms with Gasteiger partial charge in [-0.05, 0) is 66.6 Å². The van der Waals surface area contributed by atoms with E-state index >= 15 is 0 Å².